The number of fused-ring (bicyclic) bond motifs is 3. The monoisotopic (exact) mass is 330 g/mol. The Hall–Kier alpha value is -2.28. The number of oxazole rings is 1. The molecule has 2 amide bonds. The molecule has 0 spiro atoms. The average molecular weight is 330 g/mol. The van der Waals surface area contributed by atoms with Gasteiger partial charge in [0.1, 0.15) is 0 Å². The minimum Gasteiger partial charge on any atom is -0.408 e. The Morgan fingerprint density at radius 2 is 2.00 bits per heavy atom. The highest BCUT2D eigenvalue weighted by Gasteiger charge is 2.35. The normalized spacial score (nSPS) is 24.3. The van der Waals surface area contributed by atoms with Gasteiger partial charge in [-0.1, -0.05) is 0 Å². The predicted octanol–water partition coefficient (Wildman–Crippen LogP) is 1.83. The number of urea groups is 1. The van der Waals surface area contributed by atoms with Crippen molar-refractivity contribution >= 4 is 22.8 Å². The lowest BCUT2D eigenvalue weighted by molar-refractivity contribution is 0.200. The van der Waals surface area contributed by atoms with Crippen LogP contribution in [0.25, 0.3) is 11.1 Å². The van der Waals surface area contributed by atoms with Crippen LogP contribution in [-0.4, -0.2) is 52.6 Å². The molecule has 2 aliphatic heterocycles. The molecule has 1 N–H and O–H groups in total. The number of hydrogen-bond donors (Lipinski definition) is 1. The van der Waals surface area contributed by atoms with Crippen molar-refractivity contribution in [2.75, 3.05) is 25.5 Å². The summed E-state index contributed by atoms with van der Waals surface area (Å²) in [6.07, 6.45) is 3.42. The van der Waals surface area contributed by atoms with Crippen molar-refractivity contribution in [3.8, 4) is 0 Å². The van der Waals surface area contributed by atoms with Crippen LogP contribution in [0.4, 0.5) is 10.5 Å². The van der Waals surface area contributed by atoms with E-state index in [0.29, 0.717) is 28.9 Å². The van der Waals surface area contributed by atoms with E-state index in [-0.39, 0.29) is 6.03 Å². The predicted molar refractivity (Wildman–Crippen MR) is 91.2 cm³/mol. The van der Waals surface area contributed by atoms with Gasteiger partial charge in [-0.2, -0.15) is 0 Å². The van der Waals surface area contributed by atoms with Gasteiger partial charge in [-0.15, -0.1) is 0 Å². The summed E-state index contributed by atoms with van der Waals surface area (Å²) < 4.78 is 6.62. The largest absolute Gasteiger partial charge is 0.419 e. The van der Waals surface area contributed by atoms with E-state index in [4.69, 9.17) is 4.42 Å². The molecule has 2 aliphatic rings. The number of carbonyl (C=O) groups excluding carboxylic acids is 1. The number of likely N-dealkylation sites (N-methyl/N-ethyl adjacent to an activating group) is 1. The molecule has 0 unspecified atom stereocenters. The zero-order valence-corrected chi connectivity index (χ0v) is 14.0. The van der Waals surface area contributed by atoms with E-state index in [9.17, 15) is 9.59 Å². The maximum absolute atomic E-state index is 12.6. The number of nitrogens with one attached hydrogen (secondary N) is 1. The van der Waals surface area contributed by atoms with Crippen LogP contribution in [0.1, 0.15) is 19.3 Å². The molecule has 1 aromatic carbocycles. The molecule has 0 radical (unpaired) electrons. The fraction of sp³-hybridized carbons (Fsp3) is 0.529. The van der Waals surface area contributed by atoms with Crippen LogP contribution in [0.15, 0.2) is 27.4 Å². The van der Waals surface area contributed by atoms with Crippen molar-refractivity contribution in [1.29, 1.82) is 0 Å². The molecular formula is C17H22N4O3. The first-order valence-corrected chi connectivity index (χ1v) is 8.40. The van der Waals surface area contributed by atoms with Gasteiger partial charge in [-0.05, 0) is 38.4 Å². The molecule has 2 atom stereocenters. The lowest BCUT2D eigenvalue weighted by Gasteiger charge is -2.26. The Labute approximate surface area is 139 Å². The van der Waals surface area contributed by atoms with Crippen molar-refractivity contribution in [3.63, 3.8) is 0 Å². The van der Waals surface area contributed by atoms with Gasteiger partial charge in [-0.3, -0.25) is 9.47 Å². The van der Waals surface area contributed by atoms with E-state index in [0.717, 1.165) is 25.9 Å². The second-order valence-corrected chi connectivity index (χ2v) is 6.82. The van der Waals surface area contributed by atoms with E-state index >= 15 is 0 Å². The van der Waals surface area contributed by atoms with Gasteiger partial charge in [0.05, 0.1) is 5.52 Å². The number of aryl methyl sites for hydroxylation is 1. The summed E-state index contributed by atoms with van der Waals surface area (Å²) in [6.45, 7) is 1.54. The maximum atomic E-state index is 12.6. The summed E-state index contributed by atoms with van der Waals surface area (Å²) >= 11 is 0. The molecule has 0 aliphatic carbocycles. The lowest BCUT2D eigenvalue weighted by atomic mass is 10.1. The van der Waals surface area contributed by atoms with E-state index in [2.05, 4.69) is 17.3 Å². The first-order valence-electron chi connectivity index (χ1n) is 8.40. The van der Waals surface area contributed by atoms with Gasteiger partial charge in [0.2, 0.25) is 0 Å². The third-order valence-corrected chi connectivity index (χ3v) is 5.48. The van der Waals surface area contributed by atoms with Crippen LogP contribution in [0.2, 0.25) is 0 Å². The molecule has 0 saturated carbocycles. The molecule has 7 heteroatoms. The van der Waals surface area contributed by atoms with Crippen molar-refractivity contribution < 1.29 is 9.21 Å². The summed E-state index contributed by atoms with van der Waals surface area (Å²) in [5.41, 5.74) is 1.84. The molecule has 7 nitrogen and oxygen atoms in total. The average Bonchev–Trinajstić information content (AvgIpc) is 2.95. The number of aromatic nitrogens is 1. The zero-order valence-electron chi connectivity index (χ0n) is 14.0. The second kappa shape index (κ2) is 5.66. The number of benzene rings is 1. The van der Waals surface area contributed by atoms with Gasteiger partial charge in [0.15, 0.2) is 5.58 Å². The minimum absolute atomic E-state index is 0.0893. The van der Waals surface area contributed by atoms with Crippen LogP contribution >= 0.6 is 0 Å². The number of amides is 2. The number of anilines is 1. The van der Waals surface area contributed by atoms with Crippen molar-refractivity contribution in [1.82, 2.24) is 14.4 Å². The van der Waals surface area contributed by atoms with Crippen LogP contribution in [0.5, 0.6) is 0 Å². The Morgan fingerprint density at radius 1 is 1.21 bits per heavy atom. The number of rotatable bonds is 1. The van der Waals surface area contributed by atoms with Gasteiger partial charge in [0, 0.05) is 44.0 Å². The minimum atomic E-state index is -0.403. The Morgan fingerprint density at radius 3 is 2.83 bits per heavy atom. The van der Waals surface area contributed by atoms with Gasteiger partial charge in [-0.25, -0.2) is 9.59 Å². The molecule has 2 aromatic rings. The topological polar surface area (TPSA) is 70.7 Å². The first-order chi connectivity index (χ1) is 11.5. The van der Waals surface area contributed by atoms with Gasteiger partial charge in [0.25, 0.3) is 0 Å². The molecule has 4 rings (SSSR count). The van der Waals surface area contributed by atoms with Gasteiger partial charge < -0.3 is 14.6 Å². The standard InChI is InChI=1S/C17H22N4O3/c1-19-12-4-5-13(19)10-21(8-7-12)16(22)18-11-3-6-14-15(9-11)24-17(23)20(14)2/h3,6,9,12-13H,4-5,7-8,10H2,1-2H3,(H,18,22)/t12-,13+/m0/s1. The molecule has 2 bridgehead atoms. The van der Waals surface area contributed by atoms with Crippen LogP contribution in [0, 0.1) is 0 Å². The third kappa shape index (κ3) is 2.49. The summed E-state index contributed by atoms with van der Waals surface area (Å²) in [5.74, 6) is -0.403. The smallest absolute Gasteiger partial charge is 0.408 e. The fourth-order valence-corrected chi connectivity index (χ4v) is 3.91. The van der Waals surface area contributed by atoms with Crippen molar-refractivity contribution in [2.24, 2.45) is 7.05 Å². The highest BCUT2D eigenvalue weighted by molar-refractivity contribution is 5.91. The van der Waals surface area contributed by atoms with E-state index in [1.54, 1.807) is 25.2 Å². The maximum Gasteiger partial charge on any atom is 0.419 e. The molecule has 2 fully saturated rings. The Kier molecular flexibility index (Phi) is 3.60. The molecule has 1 aromatic heterocycles. The Bertz CT molecular complexity index is 840. The number of likely N-dealkylation sites (tertiary alicyclic amines) is 1. The number of nitrogens with zero attached hydrogens (tertiary/aromatic N) is 3. The van der Waals surface area contributed by atoms with Gasteiger partial charge >= 0.3 is 11.8 Å². The summed E-state index contributed by atoms with van der Waals surface area (Å²) in [4.78, 5) is 28.5. The van der Waals surface area contributed by atoms with E-state index in [1.165, 1.54) is 11.0 Å². The van der Waals surface area contributed by atoms with E-state index < -0.39 is 5.76 Å². The quantitative estimate of drug-likeness (QED) is 0.866. The first kappa shape index (κ1) is 15.3. The summed E-state index contributed by atoms with van der Waals surface area (Å²) in [5, 5.41) is 2.93. The summed E-state index contributed by atoms with van der Waals surface area (Å²) in [6, 6.07) is 6.25. The highest BCUT2D eigenvalue weighted by atomic mass is 16.4. The molecular weight excluding hydrogens is 308 g/mol. The molecule has 2 saturated heterocycles. The molecule has 128 valence electrons. The van der Waals surface area contributed by atoms with Crippen LogP contribution < -0.4 is 11.1 Å². The van der Waals surface area contributed by atoms with Crippen LogP contribution in [-0.2, 0) is 7.05 Å². The van der Waals surface area contributed by atoms with E-state index in [1.807, 2.05) is 4.90 Å². The molecule has 24 heavy (non-hydrogen) atoms. The Balaban J connectivity index is 1.50. The van der Waals surface area contributed by atoms with Crippen LogP contribution in [0.3, 0.4) is 0 Å². The third-order valence-electron chi connectivity index (χ3n) is 5.48. The zero-order chi connectivity index (χ0) is 16.8. The molecule has 3 heterocycles. The summed E-state index contributed by atoms with van der Waals surface area (Å²) in [7, 11) is 3.82. The van der Waals surface area contributed by atoms with Crippen molar-refractivity contribution in [2.45, 2.75) is 31.3 Å². The SMILES string of the molecule is CN1[C@H]2CC[C@@H]1CN(C(=O)Nc1ccc3c(c1)oc(=O)n3C)CC2. The lowest BCUT2D eigenvalue weighted by Crippen LogP contribution is -2.41. The van der Waals surface area contributed by atoms with Crippen molar-refractivity contribution in [3.05, 3.63) is 28.7 Å². The second-order valence-electron chi connectivity index (χ2n) is 6.82. The highest BCUT2D eigenvalue weighted by Crippen LogP contribution is 2.28. The number of carbonyl (C=O) groups is 1. The fourth-order valence-electron chi connectivity index (χ4n) is 3.91. The number of hydrogen-bond acceptors (Lipinski definition) is 4.